The van der Waals surface area contributed by atoms with E-state index >= 15 is 0 Å². The SMILES string of the molecule is CCN(CC)CCNC(=O)C1=C[C@@H]2CC[C@H](C(=O)ON3C(=O)CCC3=O)C=C2C=C1. The minimum Gasteiger partial charge on any atom is -0.351 e. The highest BCUT2D eigenvalue weighted by Gasteiger charge is 2.36. The molecule has 3 aliphatic rings. The van der Waals surface area contributed by atoms with Crippen molar-refractivity contribution in [2.45, 2.75) is 39.5 Å². The molecule has 3 rings (SSSR count). The van der Waals surface area contributed by atoms with E-state index in [4.69, 9.17) is 4.84 Å². The normalized spacial score (nSPS) is 23.2. The van der Waals surface area contributed by atoms with Gasteiger partial charge in [-0.25, -0.2) is 4.79 Å². The number of amides is 3. The monoisotopic (exact) mass is 415 g/mol. The molecule has 0 bridgehead atoms. The molecule has 0 radical (unpaired) electrons. The predicted octanol–water partition coefficient (Wildman–Crippen LogP) is 1.50. The molecular formula is C22H29N3O5. The van der Waals surface area contributed by atoms with Gasteiger partial charge in [-0.1, -0.05) is 32.1 Å². The van der Waals surface area contributed by atoms with Gasteiger partial charge in [0.25, 0.3) is 17.7 Å². The van der Waals surface area contributed by atoms with E-state index in [1.807, 2.05) is 18.2 Å². The topological polar surface area (TPSA) is 96.0 Å². The van der Waals surface area contributed by atoms with Gasteiger partial charge in [0.1, 0.15) is 0 Å². The molecule has 0 spiro atoms. The molecule has 0 aromatic rings. The number of hydroxylamine groups is 2. The molecule has 0 saturated carbocycles. The van der Waals surface area contributed by atoms with E-state index in [1.165, 1.54) is 0 Å². The Morgan fingerprint density at radius 1 is 1.10 bits per heavy atom. The van der Waals surface area contributed by atoms with Crippen molar-refractivity contribution < 1.29 is 24.0 Å². The van der Waals surface area contributed by atoms with Crippen molar-refractivity contribution in [3.63, 3.8) is 0 Å². The summed E-state index contributed by atoms with van der Waals surface area (Å²) in [7, 11) is 0. The fourth-order valence-corrected chi connectivity index (χ4v) is 3.90. The van der Waals surface area contributed by atoms with Crippen LogP contribution in [-0.4, -0.2) is 59.8 Å². The quantitative estimate of drug-likeness (QED) is 0.604. The standard InChI is InChI=1S/C22H29N3O5/c1-3-24(4-2)12-11-23-21(28)17-7-5-16-14-18(8-6-15(16)13-17)22(29)30-25-19(26)9-10-20(25)27/h5,7,13-15,18H,3-4,6,8-12H2,1-2H3,(H,23,28)/t15-,18-/m0/s1. The molecule has 30 heavy (non-hydrogen) atoms. The average molecular weight is 415 g/mol. The number of hydrogen-bond acceptors (Lipinski definition) is 6. The molecule has 162 valence electrons. The van der Waals surface area contributed by atoms with E-state index in [0.717, 1.165) is 25.2 Å². The number of carbonyl (C=O) groups excluding carboxylic acids is 4. The molecule has 3 amide bonds. The van der Waals surface area contributed by atoms with Gasteiger partial charge >= 0.3 is 5.97 Å². The van der Waals surface area contributed by atoms with E-state index in [9.17, 15) is 19.2 Å². The molecule has 0 unspecified atom stereocenters. The maximum atomic E-state index is 12.4. The molecule has 0 aromatic carbocycles. The zero-order valence-corrected chi connectivity index (χ0v) is 17.6. The number of imide groups is 1. The van der Waals surface area contributed by atoms with E-state index in [2.05, 4.69) is 24.1 Å². The van der Waals surface area contributed by atoms with Crippen LogP contribution in [0, 0.1) is 11.8 Å². The van der Waals surface area contributed by atoms with Gasteiger partial charge in [-0.15, -0.1) is 5.06 Å². The largest absolute Gasteiger partial charge is 0.351 e. The zero-order chi connectivity index (χ0) is 21.7. The minimum absolute atomic E-state index is 0.0673. The van der Waals surface area contributed by atoms with Crippen molar-refractivity contribution in [2.24, 2.45) is 11.8 Å². The first-order chi connectivity index (χ1) is 14.4. The van der Waals surface area contributed by atoms with Crippen LogP contribution < -0.4 is 5.32 Å². The summed E-state index contributed by atoms with van der Waals surface area (Å²) in [4.78, 5) is 55.4. The van der Waals surface area contributed by atoms with Gasteiger partial charge < -0.3 is 15.1 Å². The van der Waals surface area contributed by atoms with Gasteiger partial charge in [0.2, 0.25) is 0 Å². The highest BCUT2D eigenvalue weighted by Crippen LogP contribution is 2.34. The van der Waals surface area contributed by atoms with Crippen LogP contribution in [0.25, 0.3) is 0 Å². The fourth-order valence-electron chi connectivity index (χ4n) is 3.90. The lowest BCUT2D eigenvalue weighted by atomic mass is 9.79. The van der Waals surface area contributed by atoms with Crippen molar-refractivity contribution in [3.8, 4) is 0 Å². The number of fused-ring (bicyclic) bond motifs is 1. The van der Waals surface area contributed by atoms with Crippen LogP contribution >= 0.6 is 0 Å². The van der Waals surface area contributed by atoms with Crippen LogP contribution in [0.3, 0.4) is 0 Å². The number of carbonyl (C=O) groups is 4. The summed E-state index contributed by atoms with van der Waals surface area (Å²) < 4.78 is 0. The Morgan fingerprint density at radius 3 is 2.47 bits per heavy atom. The number of nitrogens with zero attached hydrogens (tertiary/aromatic N) is 2. The maximum absolute atomic E-state index is 12.4. The Morgan fingerprint density at radius 2 is 1.80 bits per heavy atom. The first-order valence-electron chi connectivity index (χ1n) is 10.6. The summed E-state index contributed by atoms with van der Waals surface area (Å²) in [5.41, 5.74) is 1.58. The van der Waals surface area contributed by atoms with Crippen LogP contribution in [-0.2, 0) is 24.0 Å². The maximum Gasteiger partial charge on any atom is 0.339 e. The Hall–Kier alpha value is -2.74. The van der Waals surface area contributed by atoms with Crippen molar-refractivity contribution in [2.75, 3.05) is 26.2 Å². The molecule has 0 aromatic heterocycles. The third-order valence-electron chi connectivity index (χ3n) is 5.81. The molecule has 1 saturated heterocycles. The molecule has 1 N–H and O–H groups in total. The third-order valence-corrected chi connectivity index (χ3v) is 5.81. The zero-order valence-electron chi connectivity index (χ0n) is 17.6. The number of rotatable bonds is 8. The van der Waals surface area contributed by atoms with Crippen LogP contribution in [0.15, 0.2) is 35.5 Å². The summed E-state index contributed by atoms with van der Waals surface area (Å²) >= 11 is 0. The number of allylic oxidation sites excluding steroid dienone is 3. The number of likely N-dealkylation sites (N-methyl/N-ethyl adjacent to an activating group) is 1. The minimum atomic E-state index is -0.595. The lowest BCUT2D eigenvalue weighted by Crippen LogP contribution is -2.36. The Labute approximate surface area is 176 Å². The molecule has 1 heterocycles. The van der Waals surface area contributed by atoms with Gasteiger partial charge in [0.05, 0.1) is 5.92 Å². The second-order valence-corrected chi connectivity index (χ2v) is 7.69. The smallest absolute Gasteiger partial charge is 0.339 e. The van der Waals surface area contributed by atoms with Crippen molar-refractivity contribution in [1.29, 1.82) is 0 Å². The fraction of sp³-hybridized carbons (Fsp3) is 0.545. The van der Waals surface area contributed by atoms with Gasteiger partial charge in [-0.3, -0.25) is 14.4 Å². The van der Waals surface area contributed by atoms with E-state index < -0.39 is 23.7 Å². The Kier molecular flexibility index (Phi) is 7.20. The van der Waals surface area contributed by atoms with Crippen LogP contribution in [0.4, 0.5) is 0 Å². The van der Waals surface area contributed by atoms with Crippen molar-refractivity contribution in [3.05, 3.63) is 35.5 Å². The summed E-state index contributed by atoms with van der Waals surface area (Å²) in [6.45, 7) is 7.51. The Balaban J connectivity index is 1.55. The molecule has 1 aliphatic heterocycles. The van der Waals surface area contributed by atoms with Crippen molar-refractivity contribution in [1.82, 2.24) is 15.3 Å². The summed E-state index contributed by atoms with van der Waals surface area (Å²) in [5, 5.41) is 3.55. The van der Waals surface area contributed by atoms with Gasteiger partial charge in [-0.05, 0) is 37.6 Å². The molecular weight excluding hydrogens is 386 g/mol. The molecule has 2 atom stereocenters. The second kappa shape index (κ2) is 9.84. The average Bonchev–Trinajstić information content (AvgIpc) is 3.07. The molecule has 1 fully saturated rings. The second-order valence-electron chi connectivity index (χ2n) is 7.69. The summed E-state index contributed by atoms with van der Waals surface area (Å²) in [6, 6.07) is 0. The van der Waals surface area contributed by atoms with E-state index in [0.29, 0.717) is 30.0 Å². The first kappa shape index (κ1) is 22.0. The highest BCUT2D eigenvalue weighted by molar-refractivity contribution is 6.01. The van der Waals surface area contributed by atoms with Crippen LogP contribution in [0.1, 0.15) is 39.5 Å². The van der Waals surface area contributed by atoms with Gasteiger partial charge in [-0.2, -0.15) is 0 Å². The summed E-state index contributed by atoms with van der Waals surface area (Å²) in [5.74, 6) is -2.09. The molecule has 8 nitrogen and oxygen atoms in total. The lowest BCUT2D eigenvalue weighted by Gasteiger charge is -2.27. The van der Waals surface area contributed by atoms with Gasteiger partial charge in [0, 0.05) is 37.4 Å². The predicted molar refractivity (Wildman–Crippen MR) is 109 cm³/mol. The van der Waals surface area contributed by atoms with Gasteiger partial charge in [0.15, 0.2) is 0 Å². The van der Waals surface area contributed by atoms with Crippen LogP contribution in [0.2, 0.25) is 0 Å². The first-order valence-corrected chi connectivity index (χ1v) is 10.6. The molecule has 2 aliphatic carbocycles. The lowest BCUT2D eigenvalue weighted by molar-refractivity contribution is -0.199. The van der Waals surface area contributed by atoms with E-state index in [-0.39, 0.29) is 24.7 Å². The number of hydrogen-bond donors (Lipinski definition) is 1. The van der Waals surface area contributed by atoms with E-state index in [1.54, 1.807) is 6.08 Å². The van der Waals surface area contributed by atoms with Crippen LogP contribution in [0.5, 0.6) is 0 Å². The Bertz CT molecular complexity index is 794. The highest BCUT2D eigenvalue weighted by atomic mass is 16.7. The van der Waals surface area contributed by atoms with Crippen molar-refractivity contribution >= 4 is 23.7 Å². The summed E-state index contributed by atoms with van der Waals surface area (Å²) in [6.07, 6.45) is 8.74. The number of nitrogens with one attached hydrogen (secondary N) is 1. The molecule has 8 heteroatoms. The third kappa shape index (κ3) is 5.05.